The van der Waals surface area contributed by atoms with Gasteiger partial charge >= 0.3 is 0 Å². The third-order valence-electron chi connectivity index (χ3n) is 3.00. The molecule has 1 aliphatic rings. The van der Waals surface area contributed by atoms with E-state index in [9.17, 15) is 9.59 Å². The Hall–Kier alpha value is -1.18. The van der Waals surface area contributed by atoms with Gasteiger partial charge in [-0.1, -0.05) is 6.92 Å². The molecular weight excluding hydrogens is 252 g/mol. The molecule has 7 heteroatoms. The summed E-state index contributed by atoms with van der Waals surface area (Å²) in [5.41, 5.74) is 0. The number of methoxy groups -OCH3 is 1. The van der Waals surface area contributed by atoms with Crippen LogP contribution in [0.5, 0.6) is 0 Å². The van der Waals surface area contributed by atoms with Crippen molar-refractivity contribution >= 4 is 11.8 Å². The van der Waals surface area contributed by atoms with Crippen LogP contribution in [-0.4, -0.2) is 75.1 Å². The summed E-state index contributed by atoms with van der Waals surface area (Å²) in [5, 5.41) is 0. The number of carbonyl (C=O) groups excluding carboxylic acids is 2. The normalized spacial score (nSPS) is 25.2. The van der Waals surface area contributed by atoms with Gasteiger partial charge in [0.05, 0.1) is 0 Å². The Kier molecular flexibility index (Phi) is 4.89. The van der Waals surface area contributed by atoms with E-state index in [1.165, 1.54) is 16.9 Å². The van der Waals surface area contributed by atoms with Crippen molar-refractivity contribution in [3.05, 3.63) is 0 Å². The topological polar surface area (TPSA) is 68.3 Å². The van der Waals surface area contributed by atoms with Crippen LogP contribution in [-0.2, 0) is 23.8 Å². The molecule has 1 rings (SSSR count). The molecule has 1 heterocycles. The van der Waals surface area contributed by atoms with Crippen LogP contribution in [0, 0.1) is 0 Å². The average Bonchev–Trinajstić information content (AvgIpc) is 2.77. The van der Waals surface area contributed by atoms with Crippen LogP contribution < -0.4 is 0 Å². The molecule has 0 saturated carbocycles. The van der Waals surface area contributed by atoms with Crippen molar-refractivity contribution in [3.8, 4) is 0 Å². The fourth-order valence-corrected chi connectivity index (χ4v) is 1.81. The van der Waals surface area contributed by atoms with E-state index in [0.29, 0.717) is 6.42 Å². The minimum atomic E-state index is -1.34. The third kappa shape index (κ3) is 3.05. The predicted octanol–water partition coefficient (Wildman–Crippen LogP) is -0.343. The smallest absolute Gasteiger partial charge is 0.284 e. The van der Waals surface area contributed by atoms with E-state index in [0.717, 1.165) is 0 Å². The van der Waals surface area contributed by atoms with E-state index in [4.69, 9.17) is 14.2 Å². The molecule has 1 fully saturated rings. The van der Waals surface area contributed by atoms with Gasteiger partial charge < -0.3 is 24.0 Å². The Morgan fingerprint density at radius 3 is 1.63 bits per heavy atom. The summed E-state index contributed by atoms with van der Waals surface area (Å²) in [4.78, 5) is 26.9. The molecule has 0 aromatic rings. The molecule has 1 aliphatic heterocycles. The van der Waals surface area contributed by atoms with Gasteiger partial charge in [-0.3, -0.25) is 9.59 Å². The molecule has 0 aromatic heterocycles. The van der Waals surface area contributed by atoms with Crippen LogP contribution in [0.4, 0.5) is 0 Å². The SMILES string of the molecule is CCC1(OC)O[C@@H](C(=O)N(C)C)[C@H](C(=O)N(C)C)O1. The number of carbonyl (C=O) groups is 2. The van der Waals surface area contributed by atoms with Crippen LogP contribution >= 0.6 is 0 Å². The first-order valence-corrected chi connectivity index (χ1v) is 6.11. The van der Waals surface area contributed by atoms with Crippen LogP contribution in [0.2, 0.25) is 0 Å². The molecule has 0 aliphatic carbocycles. The van der Waals surface area contributed by atoms with Crippen molar-refractivity contribution in [1.82, 2.24) is 9.80 Å². The largest absolute Gasteiger partial charge is 0.346 e. The van der Waals surface area contributed by atoms with Gasteiger partial charge in [-0.15, -0.1) is 0 Å². The highest BCUT2D eigenvalue weighted by atomic mass is 16.9. The van der Waals surface area contributed by atoms with Crippen LogP contribution in [0.15, 0.2) is 0 Å². The molecule has 7 nitrogen and oxygen atoms in total. The lowest BCUT2D eigenvalue weighted by atomic mass is 10.1. The molecule has 0 bridgehead atoms. The van der Waals surface area contributed by atoms with Crippen molar-refractivity contribution in [2.45, 2.75) is 31.5 Å². The fraction of sp³-hybridized carbons (Fsp3) is 0.833. The maximum Gasteiger partial charge on any atom is 0.284 e. The fourth-order valence-electron chi connectivity index (χ4n) is 1.81. The summed E-state index contributed by atoms with van der Waals surface area (Å²) >= 11 is 0. The van der Waals surface area contributed by atoms with Crippen LogP contribution in [0.25, 0.3) is 0 Å². The van der Waals surface area contributed by atoms with E-state index in [1.807, 2.05) is 0 Å². The lowest BCUT2D eigenvalue weighted by Crippen LogP contribution is -2.47. The molecule has 0 spiro atoms. The first-order chi connectivity index (χ1) is 8.78. The van der Waals surface area contributed by atoms with Crippen molar-refractivity contribution in [3.63, 3.8) is 0 Å². The highest BCUT2D eigenvalue weighted by Gasteiger charge is 2.54. The zero-order valence-corrected chi connectivity index (χ0v) is 12.3. The Morgan fingerprint density at radius 2 is 1.42 bits per heavy atom. The Labute approximate surface area is 113 Å². The van der Waals surface area contributed by atoms with Gasteiger partial charge in [0, 0.05) is 41.7 Å². The van der Waals surface area contributed by atoms with E-state index in [2.05, 4.69) is 0 Å². The minimum Gasteiger partial charge on any atom is -0.346 e. The zero-order valence-electron chi connectivity index (χ0n) is 12.3. The van der Waals surface area contributed by atoms with Gasteiger partial charge in [-0.05, 0) is 0 Å². The monoisotopic (exact) mass is 274 g/mol. The van der Waals surface area contributed by atoms with Crippen LogP contribution in [0.1, 0.15) is 13.3 Å². The zero-order chi connectivity index (χ0) is 14.8. The predicted molar refractivity (Wildman–Crippen MR) is 67.2 cm³/mol. The van der Waals surface area contributed by atoms with E-state index in [1.54, 1.807) is 35.1 Å². The second-order valence-corrected chi connectivity index (χ2v) is 4.78. The minimum absolute atomic E-state index is 0.326. The number of nitrogens with zero attached hydrogens (tertiary/aromatic N) is 2. The van der Waals surface area contributed by atoms with Gasteiger partial charge in [0.25, 0.3) is 17.8 Å². The Bertz CT molecular complexity index is 322. The lowest BCUT2D eigenvalue weighted by Gasteiger charge is -2.24. The molecule has 2 atom stereocenters. The quantitative estimate of drug-likeness (QED) is 0.701. The average molecular weight is 274 g/mol. The van der Waals surface area contributed by atoms with Gasteiger partial charge in [0.15, 0.2) is 12.2 Å². The molecule has 110 valence electrons. The second kappa shape index (κ2) is 5.85. The molecular formula is C12H22N2O5. The van der Waals surface area contributed by atoms with Crippen LogP contribution in [0.3, 0.4) is 0 Å². The molecule has 0 aromatic carbocycles. The highest BCUT2D eigenvalue weighted by molar-refractivity contribution is 5.91. The summed E-state index contributed by atoms with van der Waals surface area (Å²) in [6.45, 7) is 1.79. The van der Waals surface area contributed by atoms with Crippen molar-refractivity contribution in [1.29, 1.82) is 0 Å². The van der Waals surface area contributed by atoms with E-state index >= 15 is 0 Å². The standard InChI is InChI=1S/C12H22N2O5/c1-7-12(17-6)18-8(10(15)13(2)3)9(19-12)11(16)14(4)5/h8-9H,7H2,1-6H3/t8-,9-/m1/s1. The third-order valence-corrected chi connectivity index (χ3v) is 3.00. The number of ether oxygens (including phenoxy) is 3. The molecule has 0 unspecified atom stereocenters. The maximum absolute atomic E-state index is 12.1. The number of likely N-dealkylation sites (N-methyl/N-ethyl adjacent to an activating group) is 2. The Morgan fingerprint density at radius 1 is 1.05 bits per heavy atom. The van der Waals surface area contributed by atoms with Gasteiger partial charge in [-0.2, -0.15) is 0 Å². The van der Waals surface area contributed by atoms with E-state index < -0.39 is 18.2 Å². The van der Waals surface area contributed by atoms with Crippen molar-refractivity contribution in [2.24, 2.45) is 0 Å². The van der Waals surface area contributed by atoms with Gasteiger partial charge in [0.1, 0.15) is 0 Å². The van der Waals surface area contributed by atoms with Gasteiger partial charge in [0.2, 0.25) is 0 Å². The number of amides is 2. The summed E-state index contributed by atoms with van der Waals surface area (Å²) in [5.74, 6) is -1.99. The molecule has 19 heavy (non-hydrogen) atoms. The second-order valence-electron chi connectivity index (χ2n) is 4.78. The molecule has 0 N–H and O–H groups in total. The summed E-state index contributed by atoms with van der Waals surface area (Å²) in [7, 11) is 7.82. The maximum atomic E-state index is 12.1. The van der Waals surface area contributed by atoms with Gasteiger partial charge in [-0.25, -0.2) is 0 Å². The summed E-state index contributed by atoms with van der Waals surface area (Å²) in [6, 6.07) is 0. The number of rotatable bonds is 4. The molecule has 0 radical (unpaired) electrons. The van der Waals surface area contributed by atoms with Crippen molar-refractivity contribution < 1.29 is 23.8 Å². The highest BCUT2D eigenvalue weighted by Crippen LogP contribution is 2.33. The summed E-state index contributed by atoms with van der Waals surface area (Å²) < 4.78 is 16.3. The molecule has 1 saturated heterocycles. The molecule has 2 amide bonds. The lowest BCUT2D eigenvalue weighted by molar-refractivity contribution is -0.329. The summed E-state index contributed by atoms with van der Waals surface area (Å²) in [6.07, 6.45) is -1.62. The van der Waals surface area contributed by atoms with E-state index in [-0.39, 0.29) is 11.8 Å². The first kappa shape index (κ1) is 15.9. The number of hydrogen-bond donors (Lipinski definition) is 0. The Balaban J connectivity index is 3.03. The van der Waals surface area contributed by atoms with Crippen molar-refractivity contribution in [2.75, 3.05) is 35.3 Å². The number of hydrogen-bond acceptors (Lipinski definition) is 5. The first-order valence-electron chi connectivity index (χ1n) is 6.11.